The lowest BCUT2D eigenvalue weighted by Crippen LogP contribution is -2.64. The van der Waals surface area contributed by atoms with Gasteiger partial charge in [0, 0.05) is 0 Å². The van der Waals surface area contributed by atoms with Crippen molar-refractivity contribution in [2.45, 2.75) is 184 Å². The number of hydrogen-bond acceptors (Lipinski definition) is 12. The number of aliphatic hydroxyl groups is 1. The van der Waals surface area contributed by atoms with Gasteiger partial charge in [0.05, 0.1) is 23.0 Å². The molecule has 1 fully saturated rings. The van der Waals surface area contributed by atoms with E-state index >= 15 is 0 Å². The molecule has 0 spiro atoms. The molecule has 330 valence electrons. The fraction of sp³-hybridized carbons (Fsp3) is 0.857. The number of sulfone groups is 1. The second-order valence-corrected chi connectivity index (χ2v) is 45.6. The van der Waals surface area contributed by atoms with Crippen LogP contribution >= 0.6 is 0 Å². The van der Waals surface area contributed by atoms with E-state index in [4.69, 9.17) is 29.4 Å². The van der Waals surface area contributed by atoms with Gasteiger partial charge >= 0.3 is 5.51 Å². The molecule has 4 N–H and O–H groups in total. The molecule has 0 aromatic carbocycles. The highest BCUT2D eigenvalue weighted by atomic mass is 32.2. The number of aromatic amines is 1. The van der Waals surface area contributed by atoms with Gasteiger partial charge in [-0.2, -0.15) is 18.2 Å². The van der Waals surface area contributed by atoms with E-state index in [0.717, 1.165) is 6.33 Å². The summed E-state index contributed by atoms with van der Waals surface area (Å²) >= 11 is 0. The van der Waals surface area contributed by atoms with E-state index < -0.39 is 89.1 Å². The zero-order valence-electron chi connectivity index (χ0n) is 36.5. The maximum absolute atomic E-state index is 14.9. The molecule has 1 aliphatic rings. The molecule has 14 nitrogen and oxygen atoms in total. The van der Waals surface area contributed by atoms with Gasteiger partial charge in [0.15, 0.2) is 23.5 Å². The molecule has 0 unspecified atom stereocenters. The quantitative estimate of drug-likeness (QED) is 0.0728. The molecule has 22 heteroatoms. The van der Waals surface area contributed by atoms with E-state index in [2.05, 4.69) is 98.0 Å². The summed E-state index contributed by atoms with van der Waals surface area (Å²) in [7, 11) is -16.4. The summed E-state index contributed by atoms with van der Waals surface area (Å²) in [5.74, 6) is -0.758. The molecule has 2 aromatic rings. The lowest BCUT2D eigenvalue weighted by Gasteiger charge is -2.47. The van der Waals surface area contributed by atoms with E-state index in [0.29, 0.717) is 15.6 Å². The van der Waals surface area contributed by atoms with Crippen LogP contribution in [0.15, 0.2) is 11.1 Å². The summed E-state index contributed by atoms with van der Waals surface area (Å²) in [5.41, 5.74) is -0.717. The van der Waals surface area contributed by atoms with Crippen LogP contribution in [0.1, 0.15) is 117 Å². The van der Waals surface area contributed by atoms with Gasteiger partial charge in [0.25, 0.3) is 20.3 Å². The number of imidazole rings is 1. The molecule has 0 saturated carbocycles. The van der Waals surface area contributed by atoms with Gasteiger partial charge in [0.1, 0.15) is 12.7 Å². The Labute approximate surface area is 341 Å². The number of hydrogen-bond donors (Lipinski definition) is 3. The second-order valence-electron chi connectivity index (χ2n) is 18.3. The van der Waals surface area contributed by atoms with Gasteiger partial charge in [-0.3, -0.25) is 13.9 Å². The van der Waals surface area contributed by atoms with Crippen molar-refractivity contribution < 1.29 is 50.4 Å². The molecule has 0 amide bonds. The molecule has 3 heterocycles. The standard InChI is InChI=1S/C35H68F3N5O9SSi4/c1-19(2)54(20(3)4)56(23(9)10,24(11)12)51-48-17-27-29(50-52-57(25(13)14,26(15)16)55(21(5)6)22(7)8)34(45,53(46,47)35(36,37)38)32(49-27)43-31(44)28-30(41-18-40-28)42-33(43)39/h18-27,29,32,45,54-55H,17H2,1-16H3,(H2,39,42)(H,40,41)/t27-,29-,32-,34-/m1/s1. The van der Waals surface area contributed by atoms with Crippen molar-refractivity contribution in [2.24, 2.45) is 0 Å². The third kappa shape index (κ3) is 8.69. The minimum Gasteiger partial charge on any atom is -0.369 e. The number of fused-ring (bicyclic) bond motifs is 1. The van der Waals surface area contributed by atoms with Crippen LogP contribution in [0.5, 0.6) is 0 Å². The maximum atomic E-state index is 14.9. The molecule has 57 heavy (non-hydrogen) atoms. The van der Waals surface area contributed by atoms with Gasteiger partial charge < -0.3 is 20.6 Å². The van der Waals surface area contributed by atoms with E-state index in [1.165, 1.54) is 0 Å². The van der Waals surface area contributed by atoms with E-state index in [9.17, 15) is 31.5 Å². The highest BCUT2D eigenvalue weighted by molar-refractivity contribution is 7.93. The number of H-pyrrole nitrogens is 1. The first-order valence-electron chi connectivity index (χ1n) is 20.1. The van der Waals surface area contributed by atoms with Gasteiger partial charge in [-0.15, -0.1) is 0 Å². The summed E-state index contributed by atoms with van der Waals surface area (Å²) < 4.78 is 92.3. The third-order valence-electron chi connectivity index (χ3n) is 12.1. The van der Waals surface area contributed by atoms with Crippen LogP contribution in [0.25, 0.3) is 11.2 Å². The summed E-state index contributed by atoms with van der Waals surface area (Å²) in [6.45, 7) is 32.5. The van der Waals surface area contributed by atoms with E-state index in [-0.39, 0.29) is 44.4 Å². The minimum atomic E-state index is -6.70. The Balaban J connectivity index is 2.37. The number of halogens is 3. The number of anilines is 1. The third-order valence-corrected chi connectivity index (χ3v) is 52.7. The highest BCUT2D eigenvalue weighted by Crippen LogP contribution is 2.51. The van der Waals surface area contributed by atoms with Gasteiger partial charge in [-0.1, -0.05) is 133 Å². The minimum absolute atomic E-state index is 0.0670. The molecule has 3 rings (SSSR count). The molecule has 1 saturated heterocycles. The molecule has 4 atom stereocenters. The maximum Gasteiger partial charge on any atom is 0.500 e. The van der Waals surface area contributed by atoms with Crippen molar-refractivity contribution in [1.29, 1.82) is 0 Å². The fourth-order valence-corrected chi connectivity index (χ4v) is 48.8. The van der Waals surface area contributed by atoms with Crippen molar-refractivity contribution in [3.8, 4) is 0 Å². The Morgan fingerprint density at radius 1 is 0.877 bits per heavy atom. The number of nitrogens with zero attached hydrogens (tertiary/aromatic N) is 3. The van der Waals surface area contributed by atoms with Gasteiger partial charge in [-0.25, -0.2) is 27.7 Å². The van der Waals surface area contributed by atoms with Crippen molar-refractivity contribution in [1.82, 2.24) is 19.5 Å². The summed E-state index contributed by atoms with van der Waals surface area (Å²) in [6, 6.07) is 0. The van der Waals surface area contributed by atoms with Crippen LogP contribution in [0.2, 0.25) is 44.3 Å². The van der Waals surface area contributed by atoms with Crippen molar-refractivity contribution in [2.75, 3.05) is 12.3 Å². The van der Waals surface area contributed by atoms with E-state index in [1.807, 2.05) is 27.7 Å². The lowest BCUT2D eigenvalue weighted by atomic mass is 10.1. The Kier molecular flexibility index (Phi) is 16.0. The van der Waals surface area contributed by atoms with Crippen LogP contribution in [0, 0.1) is 0 Å². The van der Waals surface area contributed by atoms with Crippen molar-refractivity contribution in [3.63, 3.8) is 0 Å². The van der Waals surface area contributed by atoms with Crippen molar-refractivity contribution >= 4 is 59.2 Å². The Morgan fingerprint density at radius 2 is 1.32 bits per heavy atom. The molecule has 0 aliphatic carbocycles. The van der Waals surface area contributed by atoms with E-state index in [1.54, 1.807) is 0 Å². The number of rotatable bonds is 19. The lowest BCUT2D eigenvalue weighted by molar-refractivity contribution is -0.300. The summed E-state index contributed by atoms with van der Waals surface area (Å²) in [5, 5.41) is 12.5. The first kappa shape index (κ1) is 49.9. The molecule has 1 aliphatic heterocycles. The molecular weight excluding hydrogens is 836 g/mol. The predicted molar refractivity (Wildman–Crippen MR) is 226 cm³/mol. The van der Waals surface area contributed by atoms with Gasteiger partial charge in [-0.05, 0) is 22.2 Å². The topological polar surface area (TPSA) is 190 Å². The first-order valence-corrected chi connectivity index (χ1v) is 32.0. The average molecular weight is 904 g/mol. The van der Waals surface area contributed by atoms with Crippen LogP contribution in [-0.2, 0) is 33.5 Å². The van der Waals surface area contributed by atoms with Crippen LogP contribution < -0.4 is 11.3 Å². The molecular formula is C35H68F3N5O9SSi4. The summed E-state index contributed by atoms with van der Waals surface area (Å²) in [6.07, 6.45) is -5.74. The Hall–Kier alpha value is -1.48. The number of nitrogen functional groups attached to an aromatic ring is 1. The predicted octanol–water partition coefficient (Wildman–Crippen LogP) is 7.27. The molecule has 0 radical (unpaired) electrons. The number of ether oxygens (including phenoxy) is 1. The highest BCUT2D eigenvalue weighted by Gasteiger charge is 2.74. The smallest absolute Gasteiger partial charge is 0.369 e. The second kappa shape index (κ2) is 18.2. The van der Waals surface area contributed by atoms with Crippen LogP contribution in [-0.4, -0.2) is 94.6 Å². The SMILES string of the molecule is CC(C)[SiH](C(C)C)[Si](OOC[C@H]1O[C@@H](n2c(N)nc3nc[nH]c3c2=O)[C@](O)(S(=O)(=O)C(F)(F)F)[C@@H]1OO[Si](C(C)C)(C(C)C)[SiH](C(C)C)C(C)C)(C(C)C)C(C)C. The van der Waals surface area contributed by atoms with Gasteiger partial charge in [0.2, 0.25) is 21.6 Å². The fourth-order valence-electron chi connectivity index (χ4n) is 10.2. The van der Waals surface area contributed by atoms with Crippen molar-refractivity contribution in [3.05, 3.63) is 16.7 Å². The normalized spacial score (nSPS) is 22.0. The first-order chi connectivity index (χ1) is 26.0. The molecule has 0 bridgehead atoms. The average Bonchev–Trinajstić information content (AvgIpc) is 3.63. The zero-order chi connectivity index (χ0) is 44.0. The largest absolute Gasteiger partial charge is 0.500 e. The Bertz CT molecular complexity index is 1800. The Morgan fingerprint density at radius 3 is 1.72 bits per heavy atom. The number of alkyl halides is 3. The summed E-state index contributed by atoms with van der Waals surface area (Å²) in [4.78, 5) is 32.5. The monoisotopic (exact) mass is 903 g/mol. The zero-order valence-corrected chi connectivity index (χ0v) is 41.6. The van der Waals surface area contributed by atoms with Crippen LogP contribution in [0.3, 0.4) is 0 Å². The number of aromatic nitrogens is 4. The number of nitrogens with one attached hydrogen (secondary N) is 1. The van der Waals surface area contributed by atoms with Crippen LogP contribution in [0.4, 0.5) is 19.1 Å². The number of nitrogens with two attached hydrogens (primary N) is 1. The molecule has 2 aromatic heterocycles.